The molecule has 12 heavy (non-hydrogen) atoms. The zero-order valence-corrected chi connectivity index (χ0v) is 7.54. The Bertz CT molecular complexity index is 287. The van der Waals surface area contributed by atoms with Crippen molar-refractivity contribution in [2.24, 2.45) is 0 Å². The van der Waals surface area contributed by atoms with Crippen LogP contribution in [0.2, 0.25) is 0 Å². The lowest BCUT2D eigenvalue weighted by Crippen LogP contribution is -1.83. The normalized spacial score (nSPS) is 11.8. The fourth-order valence-corrected chi connectivity index (χ4v) is 1.09. The molecule has 0 radical (unpaired) electrons. The summed E-state index contributed by atoms with van der Waals surface area (Å²) in [6, 6.07) is 8.21. The monoisotopic (exact) mass is 162 g/mol. The molecular weight excluding hydrogens is 148 g/mol. The molecule has 1 heteroatoms. The van der Waals surface area contributed by atoms with E-state index in [1.54, 1.807) is 0 Å². The highest BCUT2D eigenvalue weighted by atomic mass is 16.3. The molecule has 1 N–H and O–H groups in total. The number of rotatable bonds is 2. The summed E-state index contributed by atoms with van der Waals surface area (Å²) >= 11 is 0. The van der Waals surface area contributed by atoms with Crippen molar-refractivity contribution in [1.29, 1.82) is 0 Å². The number of benzene rings is 1. The van der Waals surface area contributed by atoms with Crippen LogP contribution in [0, 0.1) is 6.92 Å². The van der Waals surface area contributed by atoms with Crippen molar-refractivity contribution in [3.8, 4) is 0 Å². The standard InChI is InChI=1S/C11H14O/c1-9-4-3-5-11(6-9)7-10(2)8-12/h3-7,12H,8H2,1-2H3. The highest BCUT2D eigenvalue weighted by Gasteiger charge is 1.89. The summed E-state index contributed by atoms with van der Waals surface area (Å²) < 4.78 is 0. The molecule has 0 spiro atoms. The van der Waals surface area contributed by atoms with E-state index in [0.717, 1.165) is 11.1 Å². The molecule has 64 valence electrons. The maximum Gasteiger partial charge on any atom is 0.0642 e. The smallest absolute Gasteiger partial charge is 0.0642 e. The van der Waals surface area contributed by atoms with Crippen LogP contribution in [0.3, 0.4) is 0 Å². The Labute approximate surface area is 73.4 Å². The van der Waals surface area contributed by atoms with Gasteiger partial charge in [-0.3, -0.25) is 0 Å². The molecule has 0 aromatic heterocycles. The van der Waals surface area contributed by atoms with E-state index in [2.05, 4.69) is 19.1 Å². The summed E-state index contributed by atoms with van der Waals surface area (Å²) in [6.07, 6.45) is 1.99. The zero-order chi connectivity index (χ0) is 8.97. The Morgan fingerprint density at radius 1 is 1.50 bits per heavy atom. The van der Waals surface area contributed by atoms with Crippen molar-refractivity contribution >= 4 is 6.08 Å². The zero-order valence-electron chi connectivity index (χ0n) is 7.54. The van der Waals surface area contributed by atoms with Crippen molar-refractivity contribution in [2.45, 2.75) is 13.8 Å². The summed E-state index contributed by atoms with van der Waals surface area (Å²) in [5.41, 5.74) is 3.39. The first-order chi connectivity index (χ1) is 5.72. The molecule has 1 aromatic rings. The van der Waals surface area contributed by atoms with Crippen molar-refractivity contribution in [2.75, 3.05) is 6.61 Å². The lowest BCUT2D eigenvalue weighted by molar-refractivity contribution is 0.332. The predicted molar refractivity (Wildman–Crippen MR) is 51.9 cm³/mol. The second-order valence-electron chi connectivity index (χ2n) is 3.06. The summed E-state index contributed by atoms with van der Waals surface area (Å²) in [5, 5.41) is 8.80. The molecule has 1 aromatic carbocycles. The molecule has 0 heterocycles. The molecule has 0 unspecified atom stereocenters. The van der Waals surface area contributed by atoms with E-state index in [9.17, 15) is 0 Å². The van der Waals surface area contributed by atoms with Gasteiger partial charge < -0.3 is 5.11 Å². The van der Waals surface area contributed by atoms with Crippen molar-refractivity contribution in [1.82, 2.24) is 0 Å². The fraction of sp³-hybridized carbons (Fsp3) is 0.273. The molecule has 0 aliphatic rings. The molecule has 0 saturated heterocycles. The van der Waals surface area contributed by atoms with E-state index in [0.29, 0.717) is 0 Å². The Morgan fingerprint density at radius 2 is 2.25 bits per heavy atom. The maximum absolute atomic E-state index is 8.80. The van der Waals surface area contributed by atoms with Crippen LogP contribution in [0.15, 0.2) is 29.8 Å². The second kappa shape index (κ2) is 4.07. The summed E-state index contributed by atoms with van der Waals surface area (Å²) in [4.78, 5) is 0. The van der Waals surface area contributed by atoms with Crippen LogP contribution in [-0.4, -0.2) is 11.7 Å². The van der Waals surface area contributed by atoms with E-state index >= 15 is 0 Å². The van der Waals surface area contributed by atoms with Crippen LogP contribution in [-0.2, 0) is 0 Å². The first kappa shape index (κ1) is 9.01. The van der Waals surface area contributed by atoms with Crippen LogP contribution in [0.25, 0.3) is 6.08 Å². The minimum atomic E-state index is 0.133. The average molecular weight is 162 g/mol. The van der Waals surface area contributed by atoms with Crippen molar-refractivity contribution in [3.05, 3.63) is 41.0 Å². The Morgan fingerprint density at radius 3 is 2.83 bits per heavy atom. The second-order valence-corrected chi connectivity index (χ2v) is 3.06. The Kier molecular flexibility index (Phi) is 3.06. The lowest BCUT2D eigenvalue weighted by Gasteiger charge is -1.97. The van der Waals surface area contributed by atoms with Gasteiger partial charge >= 0.3 is 0 Å². The average Bonchev–Trinajstić information content (AvgIpc) is 2.04. The number of hydrogen-bond donors (Lipinski definition) is 1. The van der Waals surface area contributed by atoms with E-state index in [1.807, 2.05) is 25.1 Å². The van der Waals surface area contributed by atoms with Crippen molar-refractivity contribution < 1.29 is 5.11 Å². The van der Waals surface area contributed by atoms with Gasteiger partial charge in [0.1, 0.15) is 0 Å². The number of hydrogen-bond acceptors (Lipinski definition) is 1. The highest BCUT2D eigenvalue weighted by molar-refractivity contribution is 5.53. The summed E-state index contributed by atoms with van der Waals surface area (Å²) in [5.74, 6) is 0. The fourth-order valence-electron chi connectivity index (χ4n) is 1.09. The Balaban J connectivity index is 2.89. The molecule has 1 rings (SSSR count). The highest BCUT2D eigenvalue weighted by Crippen LogP contribution is 2.08. The molecule has 0 aliphatic heterocycles. The first-order valence-corrected chi connectivity index (χ1v) is 4.07. The topological polar surface area (TPSA) is 20.2 Å². The molecular formula is C11H14O. The van der Waals surface area contributed by atoms with Gasteiger partial charge in [0, 0.05) is 0 Å². The van der Waals surface area contributed by atoms with Gasteiger partial charge in [-0.1, -0.05) is 35.9 Å². The van der Waals surface area contributed by atoms with E-state index in [-0.39, 0.29) is 6.61 Å². The lowest BCUT2D eigenvalue weighted by atomic mass is 10.1. The number of aliphatic hydroxyl groups is 1. The van der Waals surface area contributed by atoms with Gasteiger partial charge in [0.25, 0.3) is 0 Å². The third kappa shape index (κ3) is 2.51. The predicted octanol–water partition coefficient (Wildman–Crippen LogP) is 2.39. The van der Waals surface area contributed by atoms with Gasteiger partial charge in [0.2, 0.25) is 0 Å². The van der Waals surface area contributed by atoms with Crippen LogP contribution in [0.5, 0.6) is 0 Å². The quantitative estimate of drug-likeness (QED) is 0.708. The van der Waals surface area contributed by atoms with Gasteiger partial charge in [-0.2, -0.15) is 0 Å². The van der Waals surface area contributed by atoms with Crippen molar-refractivity contribution in [3.63, 3.8) is 0 Å². The summed E-state index contributed by atoms with van der Waals surface area (Å²) in [7, 11) is 0. The minimum absolute atomic E-state index is 0.133. The molecule has 0 amide bonds. The number of aryl methyl sites for hydroxylation is 1. The molecule has 0 bridgehead atoms. The largest absolute Gasteiger partial charge is 0.392 e. The third-order valence-electron chi connectivity index (χ3n) is 1.70. The maximum atomic E-state index is 8.80. The van der Waals surface area contributed by atoms with E-state index in [1.165, 1.54) is 5.56 Å². The van der Waals surface area contributed by atoms with Crippen LogP contribution in [0.1, 0.15) is 18.1 Å². The van der Waals surface area contributed by atoms with Crippen LogP contribution in [0.4, 0.5) is 0 Å². The molecule has 0 atom stereocenters. The van der Waals surface area contributed by atoms with Gasteiger partial charge in [0.15, 0.2) is 0 Å². The third-order valence-corrected chi connectivity index (χ3v) is 1.70. The summed E-state index contributed by atoms with van der Waals surface area (Å²) in [6.45, 7) is 4.11. The van der Waals surface area contributed by atoms with Gasteiger partial charge in [-0.05, 0) is 25.0 Å². The minimum Gasteiger partial charge on any atom is -0.392 e. The van der Waals surface area contributed by atoms with Crippen LogP contribution < -0.4 is 0 Å². The Hall–Kier alpha value is -1.08. The molecule has 1 nitrogen and oxygen atoms in total. The van der Waals surface area contributed by atoms with E-state index in [4.69, 9.17) is 5.11 Å². The first-order valence-electron chi connectivity index (χ1n) is 4.07. The SMILES string of the molecule is CC(=Cc1cccc(C)c1)CO. The van der Waals surface area contributed by atoms with Gasteiger partial charge in [-0.15, -0.1) is 0 Å². The molecule has 0 saturated carbocycles. The van der Waals surface area contributed by atoms with Gasteiger partial charge in [0.05, 0.1) is 6.61 Å². The number of aliphatic hydroxyl groups excluding tert-OH is 1. The van der Waals surface area contributed by atoms with E-state index < -0.39 is 0 Å². The van der Waals surface area contributed by atoms with Crippen LogP contribution >= 0.6 is 0 Å². The van der Waals surface area contributed by atoms with Gasteiger partial charge in [-0.25, -0.2) is 0 Å². The molecule has 0 fully saturated rings. The molecule has 0 aliphatic carbocycles.